The molecule has 0 fully saturated rings. The number of carboxylic acids is 1. The molecule has 0 unspecified atom stereocenters. The summed E-state index contributed by atoms with van der Waals surface area (Å²) in [6.45, 7) is 1.98. The fourth-order valence-corrected chi connectivity index (χ4v) is 3.51. The number of aliphatic carboxylic acids is 1. The Hall–Kier alpha value is -2.85. The van der Waals surface area contributed by atoms with E-state index in [0.717, 1.165) is 16.0 Å². The summed E-state index contributed by atoms with van der Waals surface area (Å²) in [5, 5.41) is 9.88. The summed E-state index contributed by atoms with van der Waals surface area (Å²) >= 11 is 1.19. The Balaban J connectivity index is 2.18. The SMILES string of the molecule is Cc1ccc(S/C(C(=O)O)=C(\c2ccccc2)c2ccc(F)cc2)cc1. The standard InChI is InChI=1S/C22H17FO2S/c1-15-7-13-19(14-8-15)26-21(22(24)25)20(16-5-3-2-4-6-16)17-9-11-18(23)12-10-17/h2-14H,1H3,(H,24,25)/b21-20+. The molecule has 0 heterocycles. The Kier molecular flexibility index (Phi) is 5.54. The fourth-order valence-electron chi connectivity index (χ4n) is 2.58. The van der Waals surface area contributed by atoms with Crippen molar-refractivity contribution in [2.75, 3.05) is 0 Å². The second kappa shape index (κ2) is 8.02. The van der Waals surface area contributed by atoms with Crippen molar-refractivity contribution in [1.82, 2.24) is 0 Å². The predicted octanol–water partition coefficient (Wildman–Crippen LogP) is 5.77. The van der Waals surface area contributed by atoms with Gasteiger partial charge in [-0.3, -0.25) is 0 Å². The molecule has 0 radical (unpaired) electrons. The van der Waals surface area contributed by atoms with Gasteiger partial charge in [-0.05, 0) is 42.3 Å². The number of hydrogen-bond donors (Lipinski definition) is 1. The first-order valence-corrected chi connectivity index (χ1v) is 8.89. The number of carbonyl (C=O) groups is 1. The van der Waals surface area contributed by atoms with Crippen LogP contribution in [-0.2, 0) is 4.79 Å². The maximum Gasteiger partial charge on any atom is 0.343 e. The lowest BCUT2D eigenvalue weighted by molar-refractivity contribution is -0.131. The van der Waals surface area contributed by atoms with E-state index in [1.165, 1.54) is 23.9 Å². The van der Waals surface area contributed by atoms with E-state index in [1.54, 1.807) is 12.1 Å². The van der Waals surface area contributed by atoms with Crippen molar-refractivity contribution in [2.24, 2.45) is 0 Å². The van der Waals surface area contributed by atoms with E-state index in [0.29, 0.717) is 11.1 Å². The van der Waals surface area contributed by atoms with Crippen molar-refractivity contribution in [3.05, 3.63) is 106 Å². The summed E-state index contributed by atoms with van der Waals surface area (Å²) in [7, 11) is 0. The summed E-state index contributed by atoms with van der Waals surface area (Å²) in [5.74, 6) is -1.37. The molecule has 0 aliphatic carbocycles. The van der Waals surface area contributed by atoms with Crippen LogP contribution in [-0.4, -0.2) is 11.1 Å². The third-order valence-corrected chi connectivity index (χ3v) is 4.95. The Labute approximate surface area is 156 Å². The molecule has 3 aromatic carbocycles. The smallest absolute Gasteiger partial charge is 0.343 e. The number of carboxylic acid groups (broad SMARTS) is 1. The van der Waals surface area contributed by atoms with Crippen LogP contribution in [0.25, 0.3) is 5.57 Å². The van der Waals surface area contributed by atoms with Gasteiger partial charge < -0.3 is 5.11 Å². The van der Waals surface area contributed by atoms with Crippen LogP contribution in [0.1, 0.15) is 16.7 Å². The lowest BCUT2D eigenvalue weighted by Gasteiger charge is -2.14. The lowest BCUT2D eigenvalue weighted by atomic mass is 9.97. The topological polar surface area (TPSA) is 37.3 Å². The molecule has 0 aliphatic rings. The molecule has 0 amide bonds. The molecule has 26 heavy (non-hydrogen) atoms. The Morgan fingerprint density at radius 2 is 1.42 bits per heavy atom. The summed E-state index contributed by atoms with van der Waals surface area (Å²) in [4.78, 5) is 13.1. The third-order valence-electron chi connectivity index (χ3n) is 3.86. The molecule has 0 saturated heterocycles. The monoisotopic (exact) mass is 364 g/mol. The van der Waals surface area contributed by atoms with Crippen molar-refractivity contribution < 1.29 is 14.3 Å². The second-order valence-electron chi connectivity index (χ2n) is 5.80. The zero-order valence-corrected chi connectivity index (χ0v) is 15.0. The average Bonchev–Trinajstić information content (AvgIpc) is 2.65. The van der Waals surface area contributed by atoms with E-state index in [1.807, 2.05) is 61.5 Å². The van der Waals surface area contributed by atoms with E-state index in [2.05, 4.69) is 0 Å². The summed E-state index contributed by atoms with van der Waals surface area (Å²) in [6.07, 6.45) is 0. The van der Waals surface area contributed by atoms with E-state index in [9.17, 15) is 14.3 Å². The maximum absolute atomic E-state index is 13.4. The summed E-state index contributed by atoms with van der Waals surface area (Å²) in [6, 6.07) is 22.9. The Morgan fingerprint density at radius 1 is 0.846 bits per heavy atom. The molecule has 1 N–H and O–H groups in total. The Morgan fingerprint density at radius 3 is 2.00 bits per heavy atom. The second-order valence-corrected chi connectivity index (χ2v) is 6.88. The van der Waals surface area contributed by atoms with Gasteiger partial charge in [-0.2, -0.15) is 0 Å². The van der Waals surface area contributed by atoms with Crippen LogP contribution in [0.2, 0.25) is 0 Å². The predicted molar refractivity (Wildman–Crippen MR) is 104 cm³/mol. The van der Waals surface area contributed by atoms with Crippen LogP contribution in [0.15, 0.2) is 88.7 Å². The number of hydrogen-bond acceptors (Lipinski definition) is 2. The molecular formula is C22H17FO2S. The highest BCUT2D eigenvalue weighted by atomic mass is 32.2. The number of halogens is 1. The first kappa shape index (κ1) is 18.0. The van der Waals surface area contributed by atoms with Gasteiger partial charge in [0.05, 0.1) is 0 Å². The van der Waals surface area contributed by atoms with Gasteiger partial charge in [-0.15, -0.1) is 0 Å². The fraction of sp³-hybridized carbons (Fsp3) is 0.0455. The molecule has 4 heteroatoms. The van der Waals surface area contributed by atoms with E-state index >= 15 is 0 Å². The van der Waals surface area contributed by atoms with Crippen molar-refractivity contribution in [3.8, 4) is 0 Å². The van der Waals surface area contributed by atoms with Gasteiger partial charge in [0, 0.05) is 10.5 Å². The van der Waals surface area contributed by atoms with Crippen molar-refractivity contribution in [1.29, 1.82) is 0 Å². The zero-order chi connectivity index (χ0) is 18.5. The first-order chi connectivity index (χ1) is 12.5. The first-order valence-electron chi connectivity index (χ1n) is 8.08. The summed E-state index contributed by atoms with van der Waals surface area (Å²) < 4.78 is 13.4. The van der Waals surface area contributed by atoms with Gasteiger partial charge in [-0.25, -0.2) is 9.18 Å². The molecule has 0 aliphatic heterocycles. The minimum atomic E-state index is -1.02. The minimum Gasteiger partial charge on any atom is -0.477 e. The van der Waals surface area contributed by atoms with Gasteiger partial charge >= 0.3 is 5.97 Å². The summed E-state index contributed by atoms with van der Waals surface area (Å²) in [5.41, 5.74) is 3.12. The lowest BCUT2D eigenvalue weighted by Crippen LogP contribution is -2.03. The number of thioether (sulfide) groups is 1. The van der Waals surface area contributed by atoms with Gasteiger partial charge in [-0.1, -0.05) is 71.9 Å². The number of benzene rings is 3. The van der Waals surface area contributed by atoms with Gasteiger partial charge in [0.25, 0.3) is 0 Å². The van der Waals surface area contributed by atoms with Gasteiger partial charge in [0.15, 0.2) is 0 Å². The van der Waals surface area contributed by atoms with Crippen molar-refractivity contribution in [2.45, 2.75) is 11.8 Å². The van der Waals surface area contributed by atoms with Gasteiger partial charge in [0.2, 0.25) is 0 Å². The van der Waals surface area contributed by atoms with Crippen LogP contribution in [0.4, 0.5) is 4.39 Å². The van der Waals surface area contributed by atoms with Crippen LogP contribution >= 0.6 is 11.8 Å². The molecule has 0 spiro atoms. The highest BCUT2D eigenvalue weighted by molar-refractivity contribution is 8.04. The van der Waals surface area contributed by atoms with Crippen LogP contribution < -0.4 is 0 Å². The highest BCUT2D eigenvalue weighted by Crippen LogP contribution is 2.37. The third kappa shape index (κ3) is 4.21. The molecule has 130 valence electrons. The van der Waals surface area contributed by atoms with E-state index in [-0.39, 0.29) is 10.7 Å². The largest absolute Gasteiger partial charge is 0.477 e. The van der Waals surface area contributed by atoms with Crippen molar-refractivity contribution >= 4 is 23.3 Å². The molecule has 0 bridgehead atoms. The maximum atomic E-state index is 13.4. The van der Waals surface area contributed by atoms with Gasteiger partial charge in [0.1, 0.15) is 10.7 Å². The minimum absolute atomic E-state index is 0.201. The normalized spacial score (nSPS) is 11.8. The molecule has 0 saturated carbocycles. The molecule has 3 rings (SSSR count). The molecule has 2 nitrogen and oxygen atoms in total. The Bertz CT molecular complexity index is 930. The highest BCUT2D eigenvalue weighted by Gasteiger charge is 2.19. The number of rotatable bonds is 5. The molecule has 3 aromatic rings. The molecule has 0 atom stereocenters. The van der Waals surface area contributed by atoms with Crippen LogP contribution in [0, 0.1) is 12.7 Å². The van der Waals surface area contributed by atoms with E-state index in [4.69, 9.17) is 0 Å². The zero-order valence-electron chi connectivity index (χ0n) is 14.1. The molecule has 0 aromatic heterocycles. The van der Waals surface area contributed by atoms with E-state index < -0.39 is 5.97 Å². The number of aryl methyl sites for hydroxylation is 1. The van der Waals surface area contributed by atoms with Crippen molar-refractivity contribution in [3.63, 3.8) is 0 Å². The van der Waals surface area contributed by atoms with Crippen LogP contribution in [0.5, 0.6) is 0 Å². The quantitative estimate of drug-likeness (QED) is 0.461. The average molecular weight is 364 g/mol. The van der Waals surface area contributed by atoms with Crippen LogP contribution in [0.3, 0.4) is 0 Å². The molecular weight excluding hydrogens is 347 g/mol.